The van der Waals surface area contributed by atoms with Crippen molar-refractivity contribution in [3.63, 3.8) is 0 Å². The summed E-state index contributed by atoms with van der Waals surface area (Å²) in [4.78, 5) is 4.85. The maximum atomic E-state index is 5.74. The summed E-state index contributed by atoms with van der Waals surface area (Å²) in [5.74, 6) is 1.01. The molecule has 0 amide bonds. The molecule has 1 aromatic heterocycles. The second-order valence-corrected chi connectivity index (χ2v) is 5.95. The summed E-state index contributed by atoms with van der Waals surface area (Å²) in [5, 5.41) is 0. The summed E-state index contributed by atoms with van der Waals surface area (Å²) in [6, 6.07) is 14.5. The lowest BCUT2D eigenvalue weighted by atomic mass is 10.2. The molecule has 0 unspecified atom stereocenters. The molecule has 0 radical (unpaired) electrons. The van der Waals surface area contributed by atoms with Crippen molar-refractivity contribution in [2.75, 3.05) is 0 Å². The Hall–Kier alpha value is -1.65. The van der Waals surface area contributed by atoms with E-state index in [-0.39, 0.29) is 0 Å². The maximum absolute atomic E-state index is 5.74. The van der Waals surface area contributed by atoms with Crippen LogP contribution in [0.2, 0.25) is 0 Å². The van der Waals surface area contributed by atoms with E-state index in [0.29, 0.717) is 6.54 Å². The zero-order valence-electron chi connectivity index (χ0n) is 12.0. The van der Waals surface area contributed by atoms with Gasteiger partial charge in [-0.3, -0.25) is 0 Å². The molecule has 0 aliphatic rings. The summed E-state index contributed by atoms with van der Waals surface area (Å²) in [7, 11) is 0. The van der Waals surface area contributed by atoms with Crippen LogP contribution in [0.1, 0.15) is 18.9 Å². The summed E-state index contributed by atoms with van der Waals surface area (Å²) in [5.41, 5.74) is 10.2. The Morgan fingerprint density at radius 1 is 1.19 bits per heavy atom. The third kappa shape index (κ3) is 2.61. The number of nitrogens with zero attached hydrogens (tertiary/aromatic N) is 2. The van der Waals surface area contributed by atoms with Crippen molar-refractivity contribution in [3.05, 3.63) is 52.5 Å². The van der Waals surface area contributed by atoms with E-state index in [9.17, 15) is 0 Å². The van der Waals surface area contributed by atoms with Crippen LogP contribution in [0.5, 0.6) is 0 Å². The molecule has 3 rings (SSSR count). The molecular formula is C17H18BrN3. The van der Waals surface area contributed by atoms with Crippen molar-refractivity contribution < 1.29 is 0 Å². The largest absolute Gasteiger partial charge is 0.326 e. The zero-order chi connectivity index (χ0) is 14.8. The van der Waals surface area contributed by atoms with Crippen LogP contribution < -0.4 is 5.73 Å². The lowest BCUT2D eigenvalue weighted by molar-refractivity contribution is 0.704. The van der Waals surface area contributed by atoms with Gasteiger partial charge < -0.3 is 10.3 Å². The van der Waals surface area contributed by atoms with Crippen molar-refractivity contribution in [2.45, 2.75) is 26.4 Å². The number of hydrogen-bond acceptors (Lipinski definition) is 2. The molecule has 0 saturated heterocycles. The fraction of sp³-hybridized carbons (Fsp3) is 0.235. The number of rotatable bonds is 4. The van der Waals surface area contributed by atoms with Gasteiger partial charge >= 0.3 is 0 Å². The van der Waals surface area contributed by atoms with Gasteiger partial charge in [-0.2, -0.15) is 0 Å². The number of halogens is 1. The quantitative estimate of drug-likeness (QED) is 0.765. The van der Waals surface area contributed by atoms with Gasteiger partial charge in [0.05, 0.1) is 11.0 Å². The number of fused-ring (bicyclic) bond motifs is 1. The standard InChI is InChI=1S/C17H18BrN3/c1-2-9-21-16-8-7-12(11-19)10-15(16)20-17(21)13-5-3-4-6-14(13)18/h3-8,10H,2,9,11,19H2,1H3. The Balaban J connectivity index is 2.26. The normalized spacial score (nSPS) is 11.2. The number of aryl methyl sites for hydroxylation is 1. The van der Waals surface area contributed by atoms with E-state index in [1.807, 2.05) is 12.1 Å². The van der Waals surface area contributed by atoms with E-state index in [1.165, 1.54) is 5.52 Å². The minimum absolute atomic E-state index is 0.543. The first kappa shape index (κ1) is 14.3. The first-order valence-electron chi connectivity index (χ1n) is 7.18. The van der Waals surface area contributed by atoms with Gasteiger partial charge in [0.1, 0.15) is 5.82 Å². The number of aromatic nitrogens is 2. The van der Waals surface area contributed by atoms with Crippen LogP contribution in [0.3, 0.4) is 0 Å². The second-order valence-electron chi connectivity index (χ2n) is 5.09. The third-order valence-electron chi connectivity index (χ3n) is 3.61. The zero-order valence-corrected chi connectivity index (χ0v) is 13.6. The van der Waals surface area contributed by atoms with Gasteiger partial charge in [0.2, 0.25) is 0 Å². The topological polar surface area (TPSA) is 43.8 Å². The van der Waals surface area contributed by atoms with Gasteiger partial charge in [-0.1, -0.05) is 47.1 Å². The van der Waals surface area contributed by atoms with Crippen LogP contribution in [0, 0.1) is 0 Å². The maximum Gasteiger partial charge on any atom is 0.142 e. The van der Waals surface area contributed by atoms with Crippen molar-refractivity contribution in [3.8, 4) is 11.4 Å². The summed E-state index contributed by atoms with van der Waals surface area (Å²) in [6.45, 7) is 3.68. The van der Waals surface area contributed by atoms with Crippen LogP contribution in [0.15, 0.2) is 46.9 Å². The highest BCUT2D eigenvalue weighted by atomic mass is 79.9. The minimum Gasteiger partial charge on any atom is -0.326 e. The molecule has 0 bridgehead atoms. The van der Waals surface area contributed by atoms with Gasteiger partial charge in [0.25, 0.3) is 0 Å². The van der Waals surface area contributed by atoms with Crippen molar-refractivity contribution in [2.24, 2.45) is 5.73 Å². The SMILES string of the molecule is CCCn1c(-c2ccccc2Br)nc2cc(CN)ccc21. The third-order valence-corrected chi connectivity index (χ3v) is 4.30. The molecule has 2 aromatic carbocycles. The van der Waals surface area contributed by atoms with Gasteiger partial charge in [-0.25, -0.2) is 4.98 Å². The molecule has 0 spiro atoms. The molecular weight excluding hydrogens is 326 g/mol. The van der Waals surface area contributed by atoms with Crippen molar-refractivity contribution in [1.82, 2.24) is 9.55 Å². The monoisotopic (exact) mass is 343 g/mol. The minimum atomic E-state index is 0.543. The van der Waals surface area contributed by atoms with E-state index in [1.54, 1.807) is 0 Å². The number of imidazole rings is 1. The molecule has 0 saturated carbocycles. The molecule has 0 aliphatic heterocycles. The average Bonchev–Trinajstić information content (AvgIpc) is 2.86. The molecule has 2 N–H and O–H groups in total. The highest BCUT2D eigenvalue weighted by molar-refractivity contribution is 9.10. The molecule has 1 heterocycles. The van der Waals surface area contributed by atoms with E-state index in [4.69, 9.17) is 10.7 Å². The molecule has 21 heavy (non-hydrogen) atoms. The van der Waals surface area contributed by atoms with Crippen molar-refractivity contribution >= 4 is 27.0 Å². The Labute approximate surface area is 132 Å². The van der Waals surface area contributed by atoms with E-state index in [0.717, 1.165) is 39.9 Å². The number of hydrogen-bond donors (Lipinski definition) is 1. The molecule has 0 fully saturated rings. The summed E-state index contributed by atoms with van der Waals surface area (Å²) >= 11 is 3.63. The van der Waals surface area contributed by atoms with Crippen molar-refractivity contribution in [1.29, 1.82) is 0 Å². The van der Waals surface area contributed by atoms with E-state index >= 15 is 0 Å². The van der Waals surface area contributed by atoms with E-state index in [2.05, 4.69) is 57.8 Å². The fourth-order valence-electron chi connectivity index (χ4n) is 2.60. The van der Waals surface area contributed by atoms with Gasteiger partial charge in [-0.05, 0) is 30.2 Å². The predicted octanol–water partition coefficient (Wildman–Crippen LogP) is 4.33. The molecule has 0 aliphatic carbocycles. The Morgan fingerprint density at radius 3 is 2.71 bits per heavy atom. The predicted molar refractivity (Wildman–Crippen MR) is 91.1 cm³/mol. The van der Waals surface area contributed by atoms with Crippen LogP contribution in [-0.4, -0.2) is 9.55 Å². The number of nitrogens with two attached hydrogens (primary N) is 1. The highest BCUT2D eigenvalue weighted by Gasteiger charge is 2.14. The second kappa shape index (κ2) is 6.00. The number of benzene rings is 2. The summed E-state index contributed by atoms with van der Waals surface area (Å²) in [6.07, 6.45) is 1.07. The van der Waals surface area contributed by atoms with Gasteiger partial charge in [0.15, 0.2) is 0 Å². The Morgan fingerprint density at radius 2 is 2.00 bits per heavy atom. The molecule has 4 heteroatoms. The summed E-state index contributed by atoms with van der Waals surface area (Å²) < 4.78 is 3.35. The lowest BCUT2D eigenvalue weighted by Crippen LogP contribution is -2.00. The molecule has 0 atom stereocenters. The van der Waals surface area contributed by atoms with Crippen LogP contribution in [0.25, 0.3) is 22.4 Å². The van der Waals surface area contributed by atoms with Gasteiger partial charge in [0, 0.05) is 23.1 Å². The highest BCUT2D eigenvalue weighted by Crippen LogP contribution is 2.30. The van der Waals surface area contributed by atoms with Crippen LogP contribution >= 0.6 is 15.9 Å². The van der Waals surface area contributed by atoms with Gasteiger partial charge in [-0.15, -0.1) is 0 Å². The van der Waals surface area contributed by atoms with E-state index < -0.39 is 0 Å². The lowest BCUT2D eigenvalue weighted by Gasteiger charge is -2.09. The Kier molecular flexibility index (Phi) is 4.08. The Bertz CT molecular complexity index is 777. The van der Waals surface area contributed by atoms with Crippen LogP contribution in [0.4, 0.5) is 0 Å². The van der Waals surface area contributed by atoms with Crippen LogP contribution in [-0.2, 0) is 13.1 Å². The first-order chi connectivity index (χ1) is 10.2. The molecule has 3 aromatic rings. The first-order valence-corrected chi connectivity index (χ1v) is 7.98. The smallest absolute Gasteiger partial charge is 0.142 e. The average molecular weight is 344 g/mol. The fourth-order valence-corrected chi connectivity index (χ4v) is 3.06. The molecule has 3 nitrogen and oxygen atoms in total. The molecule has 108 valence electrons.